The first-order chi connectivity index (χ1) is 8.81. The van der Waals surface area contributed by atoms with Gasteiger partial charge < -0.3 is 4.74 Å². The summed E-state index contributed by atoms with van der Waals surface area (Å²) in [6.45, 7) is 0.446. The summed E-state index contributed by atoms with van der Waals surface area (Å²) in [7, 11) is 0. The summed E-state index contributed by atoms with van der Waals surface area (Å²) in [6.07, 6.45) is 0. The minimum atomic E-state index is 0.446. The Hall–Kier alpha value is -1.98. The Bertz CT molecular complexity index is 575. The van der Waals surface area contributed by atoms with E-state index < -0.39 is 0 Å². The molecule has 0 spiro atoms. The Kier molecular flexibility index (Phi) is 4.22. The SMILES string of the molecule is N#Cc1cccc(COc2cccc(CCl)c2)c1. The predicted octanol–water partition coefficient (Wildman–Crippen LogP) is 3.88. The molecule has 0 saturated heterocycles. The second kappa shape index (κ2) is 6.09. The lowest BCUT2D eigenvalue weighted by atomic mass is 10.1. The molecule has 0 fully saturated rings. The number of ether oxygens (including phenoxy) is 1. The standard InChI is InChI=1S/C15H12ClNO/c16-9-12-3-2-6-15(8-12)18-11-14-5-1-4-13(7-14)10-17/h1-8H,9,11H2. The summed E-state index contributed by atoms with van der Waals surface area (Å²) >= 11 is 5.76. The zero-order valence-electron chi connectivity index (χ0n) is 9.77. The van der Waals surface area contributed by atoms with Gasteiger partial charge in [0.15, 0.2) is 0 Å². The van der Waals surface area contributed by atoms with E-state index in [4.69, 9.17) is 21.6 Å². The molecule has 0 radical (unpaired) electrons. The van der Waals surface area contributed by atoms with Gasteiger partial charge in [-0.2, -0.15) is 5.26 Å². The first-order valence-electron chi connectivity index (χ1n) is 5.58. The number of halogens is 1. The van der Waals surface area contributed by atoms with Gasteiger partial charge in [-0.05, 0) is 35.4 Å². The Morgan fingerprint density at radius 1 is 1.06 bits per heavy atom. The monoisotopic (exact) mass is 257 g/mol. The molecular formula is C15H12ClNO. The van der Waals surface area contributed by atoms with Crippen LogP contribution in [0.1, 0.15) is 16.7 Å². The molecule has 0 bridgehead atoms. The number of benzene rings is 2. The van der Waals surface area contributed by atoms with E-state index in [9.17, 15) is 0 Å². The van der Waals surface area contributed by atoms with Gasteiger partial charge in [0.1, 0.15) is 12.4 Å². The maximum Gasteiger partial charge on any atom is 0.120 e. The van der Waals surface area contributed by atoms with Crippen LogP contribution in [-0.4, -0.2) is 0 Å². The third-order valence-corrected chi connectivity index (χ3v) is 2.82. The smallest absolute Gasteiger partial charge is 0.120 e. The fraction of sp³-hybridized carbons (Fsp3) is 0.133. The third kappa shape index (κ3) is 3.26. The topological polar surface area (TPSA) is 33.0 Å². The minimum Gasteiger partial charge on any atom is -0.489 e. The quantitative estimate of drug-likeness (QED) is 0.779. The van der Waals surface area contributed by atoms with Crippen molar-refractivity contribution in [3.8, 4) is 11.8 Å². The predicted molar refractivity (Wildman–Crippen MR) is 71.5 cm³/mol. The van der Waals surface area contributed by atoms with Crippen molar-refractivity contribution in [1.82, 2.24) is 0 Å². The normalized spacial score (nSPS) is 9.78. The number of rotatable bonds is 4. The fourth-order valence-electron chi connectivity index (χ4n) is 1.62. The molecule has 0 unspecified atom stereocenters. The van der Waals surface area contributed by atoms with Gasteiger partial charge in [0.25, 0.3) is 0 Å². The summed E-state index contributed by atoms with van der Waals surface area (Å²) in [4.78, 5) is 0. The lowest BCUT2D eigenvalue weighted by Crippen LogP contribution is -1.96. The number of nitriles is 1. The molecule has 0 amide bonds. The van der Waals surface area contributed by atoms with Crippen LogP contribution in [0.25, 0.3) is 0 Å². The van der Waals surface area contributed by atoms with Crippen molar-refractivity contribution in [2.45, 2.75) is 12.5 Å². The van der Waals surface area contributed by atoms with Crippen molar-refractivity contribution >= 4 is 11.6 Å². The summed E-state index contributed by atoms with van der Waals surface area (Å²) < 4.78 is 5.67. The number of hydrogen-bond donors (Lipinski definition) is 0. The van der Waals surface area contributed by atoms with E-state index in [1.165, 1.54) is 0 Å². The lowest BCUT2D eigenvalue weighted by Gasteiger charge is -2.07. The van der Waals surface area contributed by atoms with Gasteiger partial charge in [0.05, 0.1) is 11.6 Å². The summed E-state index contributed by atoms with van der Waals surface area (Å²) in [5, 5.41) is 8.81. The molecular weight excluding hydrogens is 246 g/mol. The molecule has 0 aromatic heterocycles. The number of nitrogens with zero attached hydrogens (tertiary/aromatic N) is 1. The van der Waals surface area contributed by atoms with E-state index >= 15 is 0 Å². The van der Waals surface area contributed by atoms with E-state index in [2.05, 4.69) is 6.07 Å². The van der Waals surface area contributed by atoms with Gasteiger partial charge in [-0.15, -0.1) is 11.6 Å². The maximum atomic E-state index is 8.81. The van der Waals surface area contributed by atoms with Gasteiger partial charge in [0.2, 0.25) is 0 Å². The molecule has 0 heterocycles. The Morgan fingerprint density at radius 2 is 1.83 bits per heavy atom. The maximum absolute atomic E-state index is 8.81. The molecule has 0 saturated carbocycles. The van der Waals surface area contributed by atoms with Crippen molar-refractivity contribution in [2.75, 3.05) is 0 Å². The summed E-state index contributed by atoms with van der Waals surface area (Å²) in [5.74, 6) is 1.26. The van der Waals surface area contributed by atoms with Crippen molar-refractivity contribution in [1.29, 1.82) is 5.26 Å². The molecule has 2 aromatic rings. The van der Waals surface area contributed by atoms with Crippen LogP contribution in [0.5, 0.6) is 5.75 Å². The van der Waals surface area contributed by atoms with Crippen LogP contribution >= 0.6 is 11.6 Å². The Balaban J connectivity index is 2.04. The van der Waals surface area contributed by atoms with E-state index in [1.54, 1.807) is 6.07 Å². The fourth-order valence-corrected chi connectivity index (χ4v) is 1.78. The van der Waals surface area contributed by atoms with Crippen LogP contribution in [0.3, 0.4) is 0 Å². The lowest BCUT2D eigenvalue weighted by molar-refractivity contribution is 0.306. The van der Waals surface area contributed by atoms with E-state index in [0.717, 1.165) is 16.9 Å². The van der Waals surface area contributed by atoms with Gasteiger partial charge in [-0.25, -0.2) is 0 Å². The molecule has 90 valence electrons. The van der Waals surface area contributed by atoms with Crippen molar-refractivity contribution < 1.29 is 4.74 Å². The largest absolute Gasteiger partial charge is 0.489 e. The highest BCUT2D eigenvalue weighted by Crippen LogP contribution is 2.16. The zero-order valence-corrected chi connectivity index (χ0v) is 10.5. The van der Waals surface area contributed by atoms with Crippen LogP contribution in [0.15, 0.2) is 48.5 Å². The van der Waals surface area contributed by atoms with Crippen molar-refractivity contribution in [3.05, 3.63) is 65.2 Å². The molecule has 2 nitrogen and oxygen atoms in total. The van der Waals surface area contributed by atoms with Crippen LogP contribution in [0, 0.1) is 11.3 Å². The molecule has 0 aliphatic heterocycles. The molecule has 18 heavy (non-hydrogen) atoms. The Labute approximate surface area is 111 Å². The molecule has 0 N–H and O–H groups in total. The molecule has 2 rings (SSSR count). The number of hydrogen-bond acceptors (Lipinski definition) is 2. The van der Waals surface area contributed by atoms with Gasteiger partial charge >= 0.3 is 0 Å². The second-order valence-electron chi connectivity index (χ2n) is 3.88. The molecule has 0 atom stereocenters. The molecule has 3 heteroatoms. The number of alkyl halides is 1. The van der Waals surface area contributed by atoms with Crippen LogP contribution in [0.4, 0.5) is 0 Å². The zero-order chi connectivity index (χ0) is 12.8. The van der Waals surface area contributed by atoms with Crippen LogP contribution in [-0.2, 0) is 12.5 Å². The Morgan fingerprint density at radius 3 is 2.61 bits per heavy atom. The molecule has 0 aliphatic carbocycles. The summed E-state index contributed by atoms with van der Waals surface area (Å²) in [6, 6.07) is 17.2. The molecule has 0 aliphatic rings. The first-order valence-corrected chi connectivity index (χ1v) is 6.12. The second-order valence-corrected chi connectivity index (χ2v) is 4.15. The van der Waals surface area contributed by atoms with Gasteiger partial charge in [-0.1, -0.05) is 24.3 Å². The van der Waals surface area contributed by atoms with Crippen LogP contribution in [0.2, 0.25) is 0 Å². The van der Waals surface area contributed by atoms with Crippen molar-refractivity contribution in [3.63, 3.8) is 0 Å². The minimum absolute atomic E-state index is 0.446. The third-order valence-electron chi connectivity index (χ3n) is 2.51. The highest BCUT2D eigenvalue weighted by atomic mass is 35.5. The summed E-state index contributed by atoms with van der Waals surface area (Å²) in [5.41, 5.74) is 2.65. The highest BCUT2D eigenvalue weighted by molar-refractivity contribution is 6.17. The first kappa shape index (κ1) is 12.5. The van der Waals surface area contributed by atoms with Gasteiger partial charge in [0, 0.05) is 5.88 Å². The van der Waals surface area contributed by atoms with E-state index in [1.807, 2.05) is 42.5 Å². The molecule has 2 aromatic carbocycles. The van der Waals surface area contributed by atoms with E-state index in [-0.39, 0.29) is 0 Å². The van der Waals surface area contributed by atoms with Crippen molar-refractivity contribution in [2.24, 2.45) is 0 Å². The average Bonchev–Trinajstić information content (AvgIpc) is 2.45. The highest BCUT2D eigenvalue weighted by Gasteiger charge is 1.99. The van der Waals surface area contributed by atoms with Gasteiger partial charge in [-0.3, -0.25) is 0 Å². The van der Waals surface area contributed by atoms with Crippen LogP contribution < -0.4 is 4.74 Å². The van der Waals surface area contributed by atoms with E-state index in [0.29, 0.717) is 18.1 Å². The average molecular weight is 258 g/mol.